The highest BCUT2D eigenvalue weighted by atomic mass is 16.1. The van der Waals surface area contributed by atoms with Gasteiger partial charge in [0.2, 0.25) is 0 Å². The van der Waals surface area contributed by atoms with Gasteiger partial charge in [0.15, 0.2) is 11.2 Å². The van der Waals surface area contributed by atoms with E-state index in [4.69, 9.17) is 0 Å². The number of hydrogen-bond donors (Lipinski definition) is 1. The van der Waals surface area contributed by atoms with Crippen molar-refractivity contribution in [3.8, 4) is 0 Å². The fourth-order valence-corrected chi connectivity index (χ4v) is 3.33. The molecule has 28 heavy (non-hydrogen) atoms. The average molecular weight is 374 g/mol. The summed E-state index contributed by atoms with van der Waals surface area (Å²) in [6.45, 7) is 2.09. The molecule has 1 unspecified atom stereocenters. The predicted molar refractivity (Wildman–Crippen MR) is 107 cm³/mol. The Morgan fingerprint density at radius 3 is 2.64 bits per heavy atom. The summed E-state index contributed by atoms with van der Waals surface area (Å²) in [6.07, 6.45) is 6.96. The molecular formula is C21H22N6O. The van der Waals surface area contributed by atoms with Gasteiger partial charge in [0.05, 0.1) is 6.04 Å². The predicted octanol–water partition coefficient (Wildman–Crippen LogP) is 3.08. The Hall–Kier alpha value is -3.35. The van der Waals surface area contributed by atoms with Crippen molar-refractivity contribution < 1.29 is 0 Å². The lowest BCUT2D eigenvalue weighted by Crippen LogP contribution is -2.15. The van der Waals surface area contributed by atoms with Crippen LogP contribution in [-0.4, -0.2) is 29.9 Å². The van der Waals surface area contributed by atoms with Gasteiger partial charge in [-0.25, -0.2) is 9.67 Å². The summed E-state index contributed by atoms with van der Waals surface area (Å²) in [5.74, 6) is 0.601. The quantitative estimate of drug-likeness (QED) is 0.537. The van der Waals surface area contributed by atoms with Crippen LogP contribution in [0.1, 0.15) is 42.8 Å². The fraction of sp³-hybridized carbons (Fsp3) is 0.286. The van der Waals surface area contributed by atoms with Crippen LogP contribution in [0.4, 0.5) is 0 Å². The van der Waals surface area contributed by atoms with E-state index in [1.165, 1.54) is 5.56 Å². The molecule has 7 heteroatoms. The monoisotopic (exact) mass is 374 g/mol. The summed E-state index contributed by atoms with van der Waals surface area (Å²) < 4.78 is 1.77. The molecule has 0 radical (unpaired) electrons. The van der Waals surface area contributed by atoms with Gasteiger partial charge in [-0.05, 0) is 49.4 Å². The summed E-state index contributed by atoms with van der Waals surface area (Å²) >= 11 is 0. The molecule has 4 rings (SSSR count). The molecule has 3 heterocycles. The molecule has 0 bridgehead atoms. The van der Waals surface area contributed by atoms with E-state index in [0.29, 0.717) is 17.9 Å². The van der Waals surface area contributed by atoms with Crippen LogP contribution in [0.5, 0.6) is 0 Å². The van der Waals surface area contributed by atoms with Crippen LogP contribution in [-0.2, 0) is 12.8 Å². The maximum atomic E-state index is 12.4. The molecule has 0 aliphatic heterocycles. The summed E-state index contributed by atoms with van der Waals surface area (Å²) in [4.78, 5) is 23.9. The molecule has 0 saturated heterocycles. The van der Waals surface area contributed by atoms with Crippen molar-refractivity contribution in [1.82, 2.24) is 29.9 Å². The number of pyridine rings is 1. The fourth-order valence-electron chi connectivity index (χ4n) is 3.33. The second-order valence-corrected chi connectivity index (χ2v) is 6.98. The molecule has 7 nitrogen and oxygen atoms in total. The van der Waals surface area contributed by atoms with Crippen molar-refractivity contribution in [2.24, 2.45) is 0 Å². The van der Waals surface area contributed by atoms with Crippen molar-refractivity contribution in [2.45, 2.75) is 38.6 Å². The molecule has 3 aromatic heterocycles. The number of rotatable bonds is 7. The third kappa shape index (κ3) is 3.98. The zero-order valence-electron chi connectivity index (χ0n) is 15.7. The van der Waals surface area contributed by atoms with Crippen LogP contribution < -0.4 is 5.56 Å². The van der Waals surface area contributed by atoms with Crippen LogP contribution in [0.25, 0.3) is 11.2 Å². The van der Waals surface area contributed by atoms with E-state index in [2.05, 4.69) is 56.5 Å². The number of hydrogen-bond acceptors (Lipinski definition) is 5. The van der Waals surface area contributed by atoms with Gasteiger partial charge in [-0.1, -0.05) is 35.5 Å². The first-order chi connectivity index (χ1) is 13.7. The molecule has 0 saturated carbocycles. The first kappa shape index (κ1) is 18.0. The third-order valence-electron chi connectivity index (χ3n) is 4.85. The van der Waals surface area contributed by atoms with Crippen molar-refractivity contribution in [2.75, 3.05) is 0 Å². The van der Waals surface area contributed by atoms with Crippen LogP contribution in [0.15, 0.2) is 59.7 Å². The van der Waals surface area contributed by atoms with Crippen molar-refractivity contribution in [3.05, 3.63) is 82.2 Å². The minimum atomic E-state index is -0.253. The van der Waals surface area contributed by atoms with Gasteiger partial charge in [-0.3, -0.25) is 9.78 Å². The van der Waals surface area contributed by atoms with Gasteiger partial charge in [0, 0.05) is 18.8 Å². The topological polar surface area (TPSA) is 89.4 Å². The Bertz CT molecular complexity index is 1100. The van der Waals surface area contributed by atoms with Crippen LogP contribution in [0.3, 0.4) is 0 Å². The molecule has 1 N–H and O–H groups in total. The van der Waals surface area contributed by atoms with Gasteiger partial charge in [0.25, 0.3) is 5.56 Å². The summed E-state index contributed by atoms with van der Waals surface area (Å²) in [5, 5.41) is 8.25. The molecular weight excluding hydrogens is 352 g/mol. The number of aromatic nitrogens is 6. The lowest BCUT2D eigenvalue weighted by Gasteiger charge is -2.12. The number of H-pyrrole nitrogens is 1. The summed E-state index contributed by atoms with van der Waals surface area (Å²) in [7, 11) is 0. The Labute approximate surface area is 162 Å². The molecule has 0 aliphatic rings. The van der Waals surface area contributed by atoms with E-state index in [9.17, 15) is 4.79 Å². The molecule has 0 amide bonds. The Morgan fingerprint density at radius 2 is 1.86 bits per heavy atom. The molecule has 1 aromatic carbocycles. The Kier molecular flexibility index (Phi) is 5.23. The summed E-state index contributed by atoms with van der Waals surface area (Å²) in [5.41, 5.74) is 2.94. The zero-order chi connectivity index (χ0) is 19.3. The Morgan fingerprint density at radius 1 is 1.07 bits per heavy atom. The van der Waals surface area contributed by atoms with Crippen LogP contribution in [0.2, 0.25) is 0 Å². The summed E-state index contributed by atoms with van der Waals surface area (Å²) in [6, 6.07) is 14.4. The normalized spacial score (nSPS) is 12.3. The largest absolute Gasteiger partial charge is 0.308 e. The Balaban J connectivity index is 1.52. The van der Waals surface area contributed by atoms with Gasteiger partial charge >= 0.3 is 0 Å². The van der Waals surface area contributed by atoms with E-state index in [1.807, 2.05) is 18.2 Å². The molecule has 0 aliphatic carbocycles. The first-order valence-corrected chi connectivity index (χ1v) is 9.47. The second-order valence-electron chi connectivity index (χ2n) is 6.98. The SMILES string of the molecule is CC(CCCc1ccccc1)n1nnc2c(=O)[nH]c(Cc3ccncc3)nc21. The highest BCUT2D eigenvalue weighted by molar-refractivity contribution is 5.68. The highest BCUT2D eigenvalue weighted by Crippen LogP contribution is 2.18. The number of benzene rings is 1. The van der Waals surface area contributed by atoms with Crippen LogP contribution in [0, 0.1) is 0 Å². The molecule has 142 valence electrons. The second kappa shape index (κ2) is 8.12. The highest BCUT2D eigenvalue weighted by Gasteiger charge is 2.16. The molecule has 0 fully saturated rings. The lowest BCUT2D eigenvalue weighted by atomic mass is 10.1. The maximum Gasteiger partial charge on any atom is 0.281 e. The standard InChI is InChI=1S/C21H22N6O/c1-15(6-5-9-16-7-3-2-4-8-16)27-20-19(25-26-27)21(28)24-18(23-20)14-17-10-12-22-13-11-17/h2-4,7-8,10-13,15H,5-6,9,14H2,1H3,(H,23,24,28). The minimum absolute atomic E-state index is 0.108. The third-order valence-corrected chi connectivity index (χ3v) is 4.85. The van der Waals surface area contributed by atoms with Gasteiger partial charge in [-0.15, -0.1) is 5.10 Å². The van der Waals surface area contributed by atoms with E-state index < -0.39 is 0 Å². The number of nitrogens with zero attached hydrogens (tertiary/aromatic N) is 5. The molecule has 1 atom stereocenters. The van der Waals surface area contributed by atoms with E-state index in [1.54, 1.807) is 17.1 Å². The van der Waals surface area contributed by atoms with Crippen molar-refractivity contribution >= 4 is 11.2 Å². The minimum Gasteiger partial charge on any atom is -0.308 e. The van der Waals surface area contributed by atoms with E-state index in [-0.39, 0.29) is 17.1 Å². The number of aryl methyl sites for hydroxylation is 1. The number of aromatic amines is 1. The van der Waals surface area contributed by atoms with Gasteiger partial charge in [0.1, 0.15) is 5.82 Å². The van der Waals surface area contributed by atoms with Crippen molar-refractivity contribution in [1.29, 1.82) is 0 Å². The first-order valence-electron chi connectivity index (χ1n) is 9.47. The average Bonchev–Trinajstić information content (AvgIpc) is 3.14. The number of fused-ring (bicyclic) bond motifs is 1. The smallest absolute Gasteiger partial charge is 0.281 e. The van der Waals surface area contributed by atoms with E-state index in [0.717, 1.165) is 24.8 Å². The van der Waals surface area contributed by atoms with Gasteiger partial charge in [-0.2, -0.15) is 0 Å². The maximum absolute atomic E-state index is 12.4. The van der Waals surface area contributed by atoms with Gasteiger partial charge < -0.3 is 4.98 Å². The molecule has 4 aromatic rings. The van der Waals surface area contributed by atoms with Crippen molar-refractivity contribution in [3.63, 3.8) is 0 Å². The van der Waals surface area contributed by atoms with Crippen LogP contribution >= 0.6 is 0 Å². The number of nitrogens with one attached hydrogen (secondary N) is 1. The zero-order valence-corrected chi connectivity index (χ0v) is 15.7. The molecule has 0 spiro atoms. The lowest BCUT2D eigenvalue weighted by molar-refractivity contribution is 0.444. The van der Waals surface area contributed by atoms with E-state index >= 15 is 0 Å².